The molecule has 0 aromatic carbocycles. The number of H-pyrrole nitrogens is 1. The van der Waals surface area contributed by atoms with E-state index in [2.05, 4.69) is 30.1 Å². The van der Waals surface area contributed by atoms with Crippen molar-refractivity contribution in [3.8, 4) is 12.3 Å². The number of rotatable bonds is 8. The topological polar surface area (TPSA) is 227 Å². The summed E-state index contributed by atoms with van der Waals surface area (Å²) in [5.41, 5.74) is -4.91. The number of ether oxygens (including phenoxy) is 1. The highest BCUT2D eigenvalue weighted by molar-refractivity contribution is 7.71. The maximum Gasteiger partial charge on any atom is 0.490 e. The number of nitrogens with one attached hydrogen (secondary N) is 1. The fourth-order valence-corrected chi connectivity index (χ4v) is 5.69. The van der Waals surface area contributed by atoms with E-state index >= 15 is 8.78 Å². The molecular weight excluding hydrogens is 550 g/mol. The summed E-state index contributed by atoms with van der Waals surface area (Å²) in [6.07, 6.45) is -0.282. The highest BCUT2D eigenvalue weighted by atomic mass is 32.1. The van der Waals surface area contributed by atoms with Crippen LogP contribution in [0.2, 0.25) is 0 Å². The number of aliphatic hydroxyl groups excluding tert-OH is 1. The summed E-state index contributed by atoms with van der Waals surface area (Å²) in [5, 5.41) is 10.0. The summed E-state index contributed by atoms with van der Waals surface area (Å²) in [6.45, 7) is -1.96. The third-order valence-electron chi connectivity index (χ3n) is 3.71. The van der Waals surface area contributed by atoms with Crippen molar-refractivity contribution >= 4 is 35.7 Å². The SMILES string of the molecule is C#CC1(F)C(n2cc(F)c(=O)[nH]c2=S)OC(F)(COP(=O)(O)OP(=O)(O)OP(=O)(O)O)C1O. The number of terminal acetylenes is 1. The van der Waals surface area contributed by atoms with Crippen LogP contribution in [0.4, 0.5) is 13.2 Å². The minimum absolute atomic E-state index is 0.262. The van der Waals surface area contributed by atoms with Gasteiger partial charge in [-0.25, -0.2) is 22.5 Å². The Bertz CT molecular complexity index is 1240. The zero-order valence-corrected chi connectivity index (χ0v) is 18.8. The van der Waals surface area contributed by atoms with Gasteiger partial charge in [0.2, 0.25) is 11.5 Å². The van der Waals surface area contributed by atoms with E-state index in [0.29, 0.717) is 0 Å². The first-order valence-corrected chi connectivity index (χ1v) is 12.7. The van der Waals surface area contributed by atoms with Gasteiger partial charge in [0.05, 0.1) is 6.20 Å². The number of aromatic nitrogens is 2. The zero-order valence-electron chi connectivity index (χ0n) is 15.3. The summed E-state index contributed by atoms with van der Waals surface area (Å²) in [7, 11) is -17.6. The van der Waals surface area contributed by atoms with Crippen molar-refractivity contribution in [3.05, 3.63) is 27.1 Å². The van der Waals surface area contributed by atoms with Crippen molar-refractivity contribution in [2.24, 2.45) is 0 Å². The minimum Gasteiger partial charge on any atom is -0.383 e. The monoisotopic (exact) mass is 562 g/mol. The summed E-state index contributed by atoms with van der Waals surface area (Å²) < 4.78 is 92.5. The van der Waals surface area contributed by atoms with Crippen LogP contribution in [-0.4, -0.2) is 58.5 Å². The molecule has 1 aromatic rings. The second kappa shape index (κ2) is 9.10. The van der Waals surface area contributed by atoms with Crippen molar-refractivity contribution < 1.29 is 69.4 Å². The number of aliphatic hydroxyl groups is 1. The minimum atomic E-state index is -5.97. The van der Waals surface area contributed by atoms with Gasteiger partial charge in [0.1, 0.15) is 6.61 Å². The smallest absolute Gasteiger partial charge is 0.383 e. The predicted molar refractivity (Wildman–Crippen MR) is 98.3 cm³/mol. The maximum absolute atomic E-state index is 15.2. The molecule has 1 aromatic heterocycles. The molecule has 0 aliphatic carbocycles. The van der Waals surface area contributed by atoms with Gasteiger partial charge in [0, 0.05) is 0 Å². The molecule has 186 valence electrons. The second-order valence-corrected chi connectivity index (χ2v) is 10.9. The first-order valence-electron chi connectivity index (χ1n) is 7.76. The third kappa shape index (κ3) is 6.27. The molecule has 0 spiro atoms. The number of hydrogen-bond donors (Lipinski definition) is 6. The fourth-order valence-electron chi connectivity index (χ4n) is 2.41. The Kier molecular flexibility index (Phi) is 7.72. The molecule has 0 radical (unpaired) electrons. The third-order valence-corrected chi connectivity index (χ3v) is 7.81. The molecule has 22 heteroatoms. The summed E-state index contributed by atoms with van der Waals surface area (Å²) in [5.74, 6) is -4.04. The van der Waals surface area contributed by atoms with E-state index in [9.17, 15) is 32.9 Å². The van der Waals surface area contributed by atoms with Crippen LogP contribution in [-0.2, 0) is 31.6 Å². The molecule has 1 saturated heterocycles. The molecule has 2 heterocycles. The summed E-state index contributed by atoms with van der Waals surface area (Å²) >= 11 is 4.68. The van der Waals surface area contributed by atoms with Crippen molar-refractivity contribution in [1.29, 1.82) is 0 Å². The highest BCUT2D eigenvalue weighted by Crippen LogP contribution is 2.66. The summed E-state index contributed by atoms with van der Waals surface area (Å²) in [6, 6.07) is 0. The van der Waals surface area contributed by atoms with Crippen molar-refractivity contribution in [2.45, 2.75) is 23.9 Å². The largest absolute Gasteiger partial charge is 0.490 e. The molecule has 6 N–H and O–H groups in total. The van der Waals surface area contributed by atoms with Gasteiger partial charge < -0.3 is 29.4 Å². The molecule has 15 nitrogen and oxygen atoms in total. The van der Waals surface area contributed by atoms with E-state index in [0.717, 1.165) is 0 Å². The van der Waals surface area contributed by atoms with Gasteiger partial charge in [-0.1, -0.05) is 5.92 Å². The molecule has 6 atom stereocenters. The lowest BCUT2D eigenvalue weighted by atomic mass is 9.96. The number of alkyl halides is 2. The number of nitrogens with zero attached hydrogens (tertiary/aromatic N) is 1. The lowest BCUT2D eigenvalue weighted by Gasteiger charge is -2.25. The van der Waals surface area contributed by atoms with E-state index < -0.39 is 70.1 Å². The van der Waals surface area contributed by atoms with Crippen molar-refractivity contribution in [2.75, 3.05) is 6.61 Å². The van der Waals surface area contributed by atoms with Crippen LogP contribution < -0.4 is 5.56 Å². The van der Waals surface area contributed by atoms with E-state index in [1.54, 1.807) is 4.98 Å². The highest BCUT2D eigenvalue weighted by Gasteiger charge is 2.67. The molecule has 2 rings (SSSR count). The predicted octanol–water partition coefficient (Wildman–Crippen LogP) is 0.285. The number of halogens is 3. The average molecular weight is 562 g/mol. The van der Waals surface area contributed by atoms with Gasteiger partial charge in [-0.15, -0.1) is 6.42 Å². The Labute approximate surface area is 185 Å². The van der Waals surface area contributed by atoms with Crippen LogP contribution in [0.1, 0.15) is 6.23 Å². The first-order chi connectivity index (χ1) is 14.8. The maximum atomic E-state index is 15.2. The molecule has 0 saturated carbocycles. The van der Waals surface area contributed by atoms with Gasteiger partial charge in [-0.3, -0.25) is 18.9 Å². The number of phosphoric acid groups is 3. The second-order valence-electron chi connectivity index (χ2n) is 6.08. The van der Waals surface area contributed by atoms with Crippen LogP contribution in [0.3, 0.4) is 0 Å². The standard InChI is InChI=1S/C11H12F3N2O13P3S/c1-2-10(13)7(18)11(14,27-8(10)16-3-5(12)6(17)15-9(16)33)4-26-31(22,23)29-32(24,25)28-30(19,20)21/h1,3,7-8,18H,4H2,(H,22,23)(H,24,25)(H,15,17,33)(H2,19,20,21). The van der Waals surface area contributed by atoms with Crippen LogP contribution in [0.15, 0.2) is 11.0 Å². The average Bonchev–Trinajstić information content (AvgIpc) is 2.82. The first kappa shape index (κ1) is 28.0. The lowest BCUT2D eigenvalue weighted by molar-refractivity contribution is -0.204. The van der Waals surface area contributed by atoms with E-state index in [1.807, 2.05) is 0 Å². The molecule has 6 unspecified atom stereocenters. The molecule has 33 heavy (non-hydrogen) atoms. The molecule has 0 amide bonds. The van der Waals surface area contributed by atoms with Gasteiger partial charge in [-0.2, -0.15) is 13.0 Å². The Morgan fingerprint density at radius 1 is 1.24 bits per heavy atom. The van der Waals surface area contributed by atoms with Gasteiger partial charge in [0.15, 0.2) is 17.1 Å². The van der Waals surface area contributed by atoms with E-state index in [-0.39, 0.29) is 10.8 Å². The van der Waals surface area contributed by atoms with Crippen LogP contribution >= 0.6 is 35.7 Å². The van der Waals surface area contributed by atoms with Crippen LogP contribution in [0.5, 0.6) is 0 Å². The van der Waals surface area contributed by atoms with Crippen LogP contribution in [0.25, 0.3) is 0 Å². The Hall–Kier alpha value is -1.22. The fraction of sp³-hybridized carbons (Fsp3) is 0.455. The normalized spacial score (nSPS) is 31.5. The van der Waals surface area contributed by atoms with Crippen LogP contribution in [0, 0.1) is 22.9 Å². The van der Waals surface area contributed by atoms with E-state index in [1.165, 1.54) is 5.92 Å². The number of phosphoric ester groups is 1. The Morgan fingerprint density at radius 3 is 2.33 bits per heavy atom. The number of aromatic amines is 1. The lowest BCUT2D eigenvalue weighted by Crippen LogP contribution is -2.47. The van der Waals surface area contributed by atoms with Gasteiger partial charge in [-0.05, 0) is 12.2 Å². The molecular formula is C11H12F3N2O13P3S. The van der Waals surface area contributed by atoms with Gasteiger partial charge in [0.25, 0.3) is 11.4 Å². The van der Waals surface area contributed by atoms with Crippen molar-refractivity contribution in [1.82, 2.24) is 9.55 Å². The molecule has 1 aliphatic heterocycles. The number of hydrogen-bond acceptors (Lipinski definition) is 10. The van der Waals surface area contributed by atoms with Crippen molar-refractivity contribution in [3.63, 3.8) is 0 Å². The Morgan fingerprint density at radius 2 is 1.82 bits per heavy atom. The zero-order chi connectivity index (χ0) is 25.6. The van der Waals surface area contributed by atoms with Gasteiger partial charge >= 0.3 is 23.5 Å². The van der Waals surface area contributed by atoms with E-state index in [4.69, 9.17) is 21.1 Å². The summed E-state index contributed by atoms with van der Waals surface area (Å²) in [4.78, 5) is 48.3. The quantitative estimate of drug-likeness (QED) is 0.142. The molecule has 0 bridgehead atoms. The molecule has 1 aliphatic rings. The Balaban J connectivity index is 2.32. The molecule has 1 fully saturated rings.